The first-order valence-corrected chi connectivity index (χ1v) is 10.2. The molecule has 0 unspecified atom stereocenters. The Morgan fingerprint density at radius 2 is 1.19 bits per heavy atom. The van der Waals surface area contributed by atoms with Crippen LogP contribution in [0.1, 0.15) is 11.1 Å². The number of rotatable bonds is 3. The predicted octanol–water partition coefficient (Wildman–Crippen LogP) is 6.43. The molecule has 0 radical (unpaired) electrons. The van der Waals surface area contributed by atoms with Crippen LogP contribution in [-0.4, -0.2) is 17.2 Å². The Hall–Kier alpha value is -4.32. The summed E-state index contributed by atoms with van der Waals surface area (Å²) in [4.78, 5) is 27.6. The van der Waals surface area contributed by atoms with E-state index in [-0.39, 0.29) is 11.4 Å². The topological polar surface area (TPSA) is 81.7 Å². The number of imide groups is 1. The Balaban J connectivity index is 1.76. The van der Waals surface area contributed by atoms with Crippen LogP contribution in [0.4, 0.5) is 26.7 Å². The van der Waals surface area contributed by atoms with Gasteiger partial charge in [-0.25, -0.2) is 14.5 Å². The molecule has 0 saturated heterocycles. The minimum Gasteiger partial charge on any atom is -0.506 e. The first-order chi connectivity index (χ1) is 15.4. The number of benzene rings is 4. The maximum absolute atomic E-state index is 13.3. The molecule has 0 aromatic heterocycles. The molecule has 0 bridgehead atoms. The number of phenols is 1. The Labute approximate surface area is 186 Å². The molecular weight excluding hydrogens is 402 g/mol. The molecule has 3 N–H and O–H groups in total. The van der Waals surface area contributed by atoms with Crippen LogP contribution in [0.2, 0.25) is 0 Å². The maximum Gasteiger partial charge on any atom is 0.334 e. The summed E-state index contributed by atoms with van der Waals surface area (Å²) < 4.78 is 0. The van der Waals surface area contributed by atoms with Crippen LogP contribution in [0.5, 0.6) is 5.75 Å². The molecule has 6 heteroatoms. The molecule has 32 heavy (non-hydrogen) atoms. The number of aromatic hydroxyl groups is 1. The van der Waals surface area contributed by atoms with Crippen LogP contribution in [0, 0.1) is 13.8 Å². The van der Waals surface area contributed by atoms with Gasteiger partial charge in [-0.1, -0.05) is 65.7 Å². The van der Waals surface area contributed by atoms with Crippen molar-refractivity contribution in [3.8, 4) is 5.75 Å². The molecular formula is C26H23N3O3. The summed E-state index contributed by atoms with van der Waals surface area (Å²) >= 11 is 0. The molecule has 0 spiro atoms. The minimum absolute atomic E-state index is 0.109. The zero-order chi connectivity index (χ0) is 22.7. The summed E-state index contributed by atoms with van der Waals surface area (Å²) in [6.07, 6.45) is 0. The van der Waals surface area contributed by atoms with Crippen molar-refractivity contribution < 1.29 is 14.7 Å². The van der Waals surface area contributed by atoms with Crippen LogP contribution in [0.15, 0.2) is 84.9 Å². The van der Waals surface area contributed by atoms with Gasteiger partial charge in [-0.2, -0.15) is 0 Å². The van der Waals surface area contributed by atoms with E-state index in [4.69, 9.17) is 0 Å². The van der Waals surface area contributed by atoms with E-state index in [2.05, 4.69) is 10.6 Å². The summed E-state index contributed by atoms with van der Waals surface area (Å²) in [5.74, 6) is -0.179. The summed E-state index contributed by atoms with van der Waals surface area (Å²) in [5.41, 5.74) is 3.27. The molecule has 4 rings (SSSR count). The molecule has 4 aromatic rings. The van der Waals surface area contributed by atoms with Crippen molar-refractivity contribution in [2.24, 2.45) is 0 Å². The van der Waals surface area contributed by atoms with Gasteiger partial charge in [-0.15, -0.1) is 0 Å². The van der Waals surface area contributed by atoms with Crippen molar-refractivity contribution in [2.75, 3.05) is 15.5 Å². The summed E-state index contributed by atoms with van der Waals surface area (Å²) in [7, 11) is 0. The van der Waals surface area contributed by atoms with Gasteiger partial charge in [-0.3, -0.25) is 0 Å². The number of nitrogens with zero attached hydrogens (tertiary/aromatic N) is 1. The SMILES string of the molecule is Cc1ccc(NC(=O)N(C(=O)Nc2ccc(C)cc2)c2c(O)ccc3ccccc23)cc1. The third-order valence-corrected chi connectivity index (χ3v) is 5.11. The molecule has 160 valence electrons. The normalized spacial score (nSPS) is 10.6. The van der Waals surface area contributed by atoms with Gasteiger partial charge in [0.15, 0.2) is 0 Å². The largest absolute Gasteiger partial charge is 0.506 e. The van der Waals surface area contributed by atoms with Gasteiger partial charge in [0, 0.05) is 16.8 Å². The Morgan fingerprint density at radius 3 is 1.72 bits per heavy atom. The lowest BCUT2D eigenvalue weighted by molar-refractivity contribution is 0.246. The van der Waals surface area contributed by atoms with E-state index >= 15 is 0 Å². The summed E-state index contributed by atoms with van der Waals surface area (Å²) in [6.45, 7) is 3.89. The van der Waals surface area contributed by atoms with Gasteiger partial charge in [0.1, 0.15) is 11.4 Å². The van der Waals surface area contributed by atoms with Crippen LogP contribution < -0.4 is 15.5 Å². The van der Waals surface area contributed by atoms with Crippen LogP contribution in [0.25, 0.3) is 10.8 Å². The average molecular weight is 425 g/mol. The number of anilines is 3. The number of amides is 4. The third kappa shape index (κ3) is 4.39. The van der Waals surface area contributed by atoms with E-state index in [9.17, 15) is 14.7 Å². The first-order valence-electron chi connectivity index (χ1n) is 10.2. The van der Waals surface area contributed by atoms with Crippen molar-refractivity contribution in [3.63, 3.8) is 0 Å². The molecule has 0 aliphatic rings. The summed E-state index contributed by atoms with van der Waals surface area (Å²) in [5, 5.41) is 17.5. The van der Waals surface area contributed by atoms with Gasteiger partial charge in [0.05, 0.1) is 0 Å². The van der Waals surface area contributed by atoms with E-state index in [0.717, 1.165) is 21.4 Å². The molecule has 0 saturated carbocycles. The van der Waals surface area contributed by atoms with Crippen molar-refractivity contribution >= 4 is 39.9 Å². The molecule has 0 aliphatic carbocycles. The lowest BCUT2D eigenvalue weighted by atomic mass is 10.1. The number of aryl methyl sites for hydroxylation is 2. The monoisotopic (exact) mass is 425 g/mol. The molecule has 0 atom stereocenters. The number of carbonyl (C=O) groups is 2. The fraction of sp³-hybridized carbons (Fsp3) is 0.0769. The number of fused-ring (bicyclic) bond motifs is 1. The highest BCUT2D eigenvalue weighted by Gasteiger charge is 2.28. The molecule has 0 heterocycles. The molecule has 6 nitrogen and oxygen atoms in total. The van der Waals surface area contributed by atoms with E-state index < -0.39 is 12.1 Å². The van der Waals surface area contributed by atoms with Crippen LogP contribution >= 0.6 is 0 Å². The third-order valence-electron chi connectivity index (χ3n) is 5.11. The quantitative estimate of drug-likeness (QED) is 0.354. The summed E-state index contributed by atoms with van der Waals surface area (Å²) in [6, 6.07) is 23.6. The van der Waals surface area contributed by atoms with Gasteiger partial charge in [0.25, 0.3) is 0 Å². The van der Waals surface area contributed by atoms with E-state index in [1.54, 1.807) is 42.5 Å². The standard InChI is InChI=1S/C26H23N3O3/c1-17-7-12-20(13-8-17)27-25(31)29(26(32)28-21-14-9-18(2)10-15-21)24-22-6-4-3-5-19(22)11-16-23(24)30/h3-16,30H,1-2H3,(H,27,31)(H,28,32). The predicted molar refractivity (Wildman–Crippen MR) is 128 cm³/mol. The highest BCUT2D eigenvalue weighted by atomic mass is 16.3. The van der Waals surface area contributed by atoms with Gasteiger partial charge in [-0.05, 0) is 49.6 Å². The minimum atomic E-state index is -0.690. The van der Waals surface area contributed by atoms with E-state index in [1.807, 2.05) is 50.2 Å². The van der Waals surface area contributed by atoms with Crippen molar-refractivity contribution in [2.45, 2.75) is 13.8 Å². The molecule has 4 aromatic carbocycles. The first kappa shape index (κ1) is 20.9. The van der Waals surface area contributed by atoms with Gasteiger partial charge in [0.2, 0.25) is 0 Å². The van der Waals surface area contributed by atoms with E-state index in [1.165, 1.54) is 6.07 Å². The second-order valence-electron chi connectivity index (χ2n) is 7.58. The van der Waals surface area contributed by atoms with Crippen molar-refractivity contribution in [3.05, 3.63) is 96.1 Å². The van der Waals surface area contributed by atoms with Crippen molar-refractivity contribution in [1.29, 1.82) is 0 Å². The number of hydrogen-bond acceptors (Lipinski definition) is 3. The Morgan fingerprint density at radius 1 is 0.688 bits per heavy atom. The Bertz CT molecular complexity index is 1220. The number of carbonyl (C=O) groups excluding carboxylic acids is 2. The fourth-order valence-corrected chi connectivity index (χ4v) is 3.41. The maximum atomic E-state index is 13.3. The van der Waals surface area contributed by atoms with Crippen LogP contribution in [0.3, 0.4) is 0 Å². The molecule has 0 fully saturated rings. The molecule has 4 amide bonds. The zero-order valence-electron chi connectivity index (χ0n) is 17.8. The van der Waals surface area contributed by atoms with Crippen molar-refractivity contribution in [1.82, 2.24) is 0 Å². The zero-order valence-corrected chi connectivity index (χ0v) is 17.8. The Kier molecular flexibility index (Phi) is 5.77. The lowest BCUT2D eigenvalue weighted by Crippen LogP contribution is -2.43. The number of phenolic OH excluding ortho intramolecular Hbond substituents is 1. The number of urea groups is 2. The average Bonchev–Trinajstić information content (AvgIpc) is 2.78. The highest BCUT2D eigenvalue weighted by Crippen LogP contribution is 2.36. The second-order valence-corrected chi connectivity index (χ2v) is 7.58. The number of nitrogens with one attached hydrogen (secondary N) is 2. The smallest absolute Gasteiger partial charge is 0.334 e. The lowest BCUT2D eigenvalue weighted by Gasteiger charge is -2.24. The number of hydrogen-bond donors (Lipinski definition) is 3. The van der Waals surface area contributed by atoms with Gasteiger partial charge < -0.3 is 15.7 Å². The van der Waals surface area contributed by atoms with E-state index in [0.29, 0.717) is 16.8 Å². The van der Waals surface area contributed by atoms with Crippen LogP contribution in [-0.2, 0) is 0 Å². The van der Waals surface area contributed by atoms with Gasteiger partial charge >= 0.3 is 12.1 Å². The fourth-order valence-electron chi connectivity index (χ4n) is 3.41. The molecule has 0 aliphatic heterocycles. The highest BCUT2D eigenvalue weighted by molar-refractivity contribution is 6.25. The second kappa shape index (κ2) is 8.81.